The minimum Gasteiger partial charge on any atom is -0.374 e. The predicted octanol–water partition coefficient (Wildman–Crippen LogP) is 1.34. The Morgan fingerprint density at radius 1 is 1.40 bits per heavy atom. The zero-order valence-corrected chi connectivity index (χ0v) is 11.1. The number of nitrogens with one attached hydrogen (secondary N) is 2. The number of ether oxygens (including phenoxy) is 1. The molecule has 2 rings (SSSR count). The number of fused-ring (bicyclic) bond motifs is 1. The fourth-order valence-electron chi connectivity index (χ4n) is 2.13. The summed E-state index contributed by atoms with van der Waals surface area (Å²) in [6.07, 6.45) is -1.50. The number of rotatable bonds is 6. The summed E-state index contributed by atoms with van der Waals surface area (Å²) >= 11 is 0. The van der Waals surface area contributed by atoms with Crippen molar-refractivity contribution in [3.8, 4) is 0 Å². The number of halogens is 2. The molecule has 1 aliphatic heterocycles. The molecule has 0 unspecified atom stereocenters. The number of benzene rings is 1. The van der Waals surface area contributed by atoms with Gasteiger partial charge in [-0.25, -0.2) is 8.78 Å². The number of hydrogen-bond donors (Lipinski definition) is 2. The van der Waals surface area contributed by atoms with Crippen LogP contribution < -0.4 is 10.6 Å². The second kappa shape index (κ2) is 7.31. The highest BCUT2D eigenvalue weighted by atomic mass is 19.3. The normalized spacial score (nSPS) is 14.2. The van der Waals surface area contributed by atoms with Crippen molar-refractivity contribution in [2.24, 2.45) is 0 Å². The Labute approximate surface area is 116 Å². The van der Waals surface area contributed by atoms with Crippen molar-refractivity contribution in [1.82, 2.24) is 10.6 Å². The highest BCUT2D eigenvalue weighted by Gasteiger charge is 2.12. The van der Waals surface area contributed by atoms with Crippen molar-refractivity contribution in [1.29, 1.82) is 0 Å². The Morgan fingerprint density at radius 3 is 3.05 bits per heavy atom. The smallest absolute Gasteiger partial charge is 0.261 e. The van der Waals surface area contributed by atoms with Crippen LogP contribution in [-0.4, -0.2) is 38.6 Å². The quantitative estimate of drug-likeness (QED) is 0.775. The largest absolute Gasteiger partial charge is 0.374 e. The lowest BCUT2D eigenvalue weighted by molar-refractivity contribution is 0.0188. The molecule has 0 spiro atoms. The van der Waals surface area contributed by atoms with Crippen molar-refractivity contribution in [3.05, 3.63) is 34.9 Å². The zero-order chi connectivity index (χ0) is 14.4. The van der Waals surface area contributed by atoms with Crippen LogP contribution in [0.1, 0.15) is 21.5 Å². The van der Waals surface area contributed by atoms with Gasteiger partial charge in [0.25, 0.3) is 12.3 Å². The van der Waals surface area contributed by atoms with Crippen LogP contribution in [0.5, 0.6) is 0 Å². The maximum absolute atomic E-state index is 11.9. The minimum atomic E-state index is -2.47. The summed E-state index contributed by atoms with van der Waals surface area (Å²) in [5, 5.41) is 5.91. The van der Waals surface area contributed by atoms with Crippen molar-refractivity contribution >= 4 is 5.91 Å². The molecule has 20 heavy (non-hydrogen) atoms. The topological polar surface area (TPSA) is 50.4 Å². The van der Waals surface area contributed by atoms with Gasteiger partial charge in [0.05, 0.1) is 6.61 Å². The molecule has 1 amide bonds. The van der Waals surface area contributed by atoms with Gasteiger partial charge in [0.2, 0.25) is 0 Å². The third kappa shape index (κ3) is 4.25. The molecule has 1 heterocycles. The van der Waals surface area contributed by atoms with Crippen LogP contribution in [0.3, 0.4) is 0 Å². The van der Waals surface area contributed by atoms with E-state index in [1.807, 2.05) is 12.1 Å². The first-order valence-electron chi connectivity index (χ1n) is 6.63. The molecule has 1 aromatic rings. The van der Waals surface area contributed by atoms with Gasteiger partial charge in [0, 0.05) is 18.7 Å². The maximum Gasteiger partial charge on any atom is 0.261 e. The number of carbonyl (C=O) groups excluding carboxylic acids is 1. The van der Waals surface area contributed by atoms with E-state index in [-0.39, 0.29) is 19.1 Å². The van der Waals surface area contributed by atoms with Gasteiger partial charge in [-0.1, -0.05) is 6.07 Å². The van der Waals surface area contributed by atoms with E-state index in [2.05, 4.69) is 10.6 Å². The highest BCUT2D eigenvalue weighted by Crippen LogP contribution is 2.15. The average Bonchev–Trinajstić information content (AvgIpc) is 2.46. The molecular weight excluding hydrogens is 266 g/mol. The Bertz CT molecular complexity index is 466. The molecule has 0 radical (unpaired) electrons. The van der Waals surface area contributed by atoms with Gasteiger partial charge in [-0.05, 0) is 36.2 Å². The minimum absolute atomic E-state index is 0.0859. The molecule has 6 heteroatoms. The molecule has 1 aromatic carbocycles. The van der Waals surface area contributed by atoms with Crippen LogP contribution in [0.4, 0.5) is 8.78 Å². The highest BCUT2D eigenvalue weighted by molar-refractivity contribution is 5.94. The summed E-state index contributed by atoms with van der Waals surface area (Å²) in [7, 11) is 0. The predicted molar refractivity (Wildman–Crippen MR) is 71.0 cm³/mol. The van der Waals surface area contributed by atoms with Gasteiger partial charge < -0.3 is 15.4 Å². The molecule has 0 saturated carbocycles. The van der Waals surface area contributed by atoms with Crippen LogP contribution in [0, 0.1) is 0 Å². The molecule has 4 nitrogen and oxygen atoms in total. The van der Waals surface area contributed by atoms with Crippen LogP contribution in [0.25, 0.3) is 0 Å². The van der Waals surface area contributed by atoms with Crippen LogP contribution in [0.2, 0.25) is 0 Å². The van der Waals surface area contributed by atoms with Crippen LogP contribution in [0.15, 0.2) is 18.2 Å². The van der Waals surface area contributed by atoms with Crippen molar-refractivity contribution in [2.75, 3.05) is 26.3 Å². The molecular formula is C14H18F2N2O2. The van der Waals surface area contributed by atoms with E-state index in [0.717, 1.165) is 25.1 Å². The molecule has 0 aliphatic carbocycles. The van der Waals surface area contributed by atoms with Crippen LogP contribution >= 0.6 is 0 Å². The zero-order valence-electron chi connectivity index (χ0n) is 11.1. The number of alkyl halides is 2. The fraction of sp³-hybridized carbons (Fsp3) is 0.500. The van der Waals surface area contributed by atoms with Gasteiger partial charge in [0.1, 0.15) is 6.61 Å². The summed E-state index contributed by atoms with van der Waals surface area (Å²) in [4.78, 5) is 11.9. The summed E-state index contributed by atoms with van der Waals surface area (Å²) < 4.78 is 28.4. The summed E-state index contributed by atoms with van der Waals surface area (Å²) in [6.45, 7) is 1.44. The van der Waals surface area contributed by atoms with E-state index in [4.69, 9.17) is 4.74 Å². The number of hydrogen-bond acceptors (Lipinski definition) is 3. The third-order valence-electron chi connectivity index (χ3n) is 3.13. The lowest BCUT2D eigenvalue weighted by Gasteiger charge is -2.17. The van der Waals surface area contributed by atoms with E-state index in [0.29, 0.717) is 5.56 Å². The molecule has 110 valence electrons. The Morgan fingerprint density at radius 2 is 2.25 bits per heavy atom. The van der Waals surface area contributed by atoms with Crippen molar-refractivity contribution < 1.29 is 18.3 Å². The molecule has 0 saturated heterocycles. The lowest BCUT2D eigenvalue weighted by atomic mass is 9.98. The monoisotopic (exact) mass is 284 g/mol. The second-order valence-electron chi connectivity index (χ2n) is 4.63. The van der Waals surface area contributed by atoms with Gasteiger partial charge in [-0.3, -0.25) is 4.79 Å². The van der Waals surface area contributed by atoms with E-state index in [1.54, 1.807) is 6.07 Å². The van der Waals surface area contributed by atoms with Gasteiger partial charge in [0.15, 0.2) is 0 Å². The molecule has 0 aromatic heterocycles. The molecule has 0 fully saturated rings. The molecule has 2 N–H and O–H groups in total. The molecule has 1 aliphatic rings. The Hall–Kier alpha value is -1.53. The van der Waals surface area contributed by atoms with Gasteiger partial charge in [-0.2, -0.15) is 0 Å². The molecule has 0 bridgehead atoms. The summed E-state index contributed by atoms with van der Waals surface area (Å²) in [5.74, 6) is -0.209. The third-order valence-corrected chi connectivity index (χ3v) is 3.13. The molecule has 0 atom stereocenters. The first-order valence-corrected chi connectivity index (χ1v) is 6.63. The fourth-order valence-corrected chi connectivity index (χ4v) is 2.13. The SMILES string of the molecule is O=C(NCCOCC(F)F)c1ccc2c(c1)CNCC2. The summed E-state index contributed by atoms with van der Waals surface area (Å²) in [5.41, 5.74) is 2.99. The average molecular weight is 284 g/mol. The Kier molecular flexibility index (Phi) is 5.43. The second-order valence-corrected chi connectivity index (χ2v) is 4.63. The van der Waals surface area contributed by atoms with Gasteiger partial charge >= 0.3 is 0 Å². The van der Waals surface area contributed by atoms with Crippen LogP contribution in [-0.2, 0) is 17.7 Å². The maximum atomic E-state index is 11.9. The Balaban J connectivity index is 1.80. The van der Waals surface area contributed by atoms with Crippen molar-refractivity contribution in [3.63, 3.8) is 0 Å². The lowest BCUT2D eigenvalue weighted by Crippen LogP contribution is -2.29. The van der Waals surface area contributed by atoms with E-state index in [1.165, 1.54) is 5.56 Å². The first kappa shape index (κ1) is 14.9. The van der Waals surface area contributed by atoms with Crippen molar-refractivity contribution in [2.45, 2.75) is 19.4 Å². The summed E-state index contributed by atoms with van der Waals surface area (Å²) in [6, 6.07) is 5.63. The van der Waals surface area contributed by atoms with E-state index >= 15 is 0 Å². The van der Waals surface area contributed by atoms with Gasteiger partial charge in [-0.15, -0.1) is 0 Å². The number of amides is 1. The number of carbonyl (C=O) groups is 1. The standard InChI is InChI=1S/C14H18F2N2O2/c15-13(16)9-20-6-5-18-14(19)11-2-1-10-3-4-17-8-12(10)7-11/h1-2,7,13,17H,3-6,8-9H2,(H,18,19). The van der Waals surface area contributed by atoms with E-state index < -0.39 is 13.0 Å². The van der Waals surface area contributed by atoms with E-state index in [9.17, 15) is 13.6 Å². The first-order chi connectivity index (χ1) is 9.66.